The lowest BCUT2D eigenvalue weighted by atomic mass is 10.1. The van der Waals surface area contributed by atoms with Gasteiger partial charge in [0.2, 0.25) is 0 Å². The second-order valence-electron chi connectivity index (χ2n) is 3.13. The van der Waals surface area contributed by atoms with Crippen LogP contribution >= 0.6 is 0 Å². The van der Waals surface area contributed by atoms with Crippen molar-refractivity contribution in [1.29, 1.82) is 0 Å². The quantitative estimate of drug-likeness (QED) is 0.654. The normalized spacial score (nSPS) is 15.7. The Kier molecular flexibility index (Phi) is 2.24. The van der Waals surface area contributed by atoms with Crippen LogP contribution in [0.25, 0.3) is 0 Å². The molecule has 80 valence electrons. The van der Waals surface area contributed by atoms with Gasteiger partial charge in [-0.15, -0.1) is 0 Å². The minimum Gasteiger partial charge on any atom is -0.744 e. The molecule has 1 aliphatic rings. The molecule has 0 atom stereocenters. The van der Waals surface area contributed by atoms with Crippen molar-refractivity contribution in [3.8, 4) is 5.75 Å². The average Bonchev–Trinajstić information content (AvgIpc) is 2.16. The number of ether oxygens (including phenoxy) is 1. The molecule has 0 fully saturated rings. The second kappa shape index (κ2) is 3.32. The van der Waals surface area contributed by atoms with Gasteiger partial charge in [0.15, 0.2) is 5.78 Å². The van der Waals surface area contributed by atoms with Crippen molar-refractivity contribution < 1.29 is 22.5 Å². The van der Waals surface area contributed by atoms with Gasteiger partial charge in [0, 0.05) is 6.42 Å². The Bertz CT molecular complexity index is 517. The van der Waals surface area contributed by atoms with Crippen LogP contribution in [0.1, 0.15) is 16.8 Å². The lowest BCUT2D eigenvalue weighted by Gasteiger charge is -2.17. The van der Waals surface area contributed by atoms with E-state index in [1.807, 2.05) is 0 Å². The number of rotatable bonds is 1. The third-order valence-corrected chi connectivity index (χ3v) is 2.96. The highest BCUT2D eigenvalue weighted by molar-refractivity contribution is 7.85. The molecule has 0 unspecified atom stereocenters. The van der Waals surface area contributed by atoms with Crippen molar-refractivity contribution >= 4 is 15.9 Å². The van der Waals surface area contributed by atoms with Crippen molar-refractivity contribution in [3.63, 3.8) is 0 Å². The van der Waals surface area contributed by atoms with Crippen LogP contribution in [0.3, 0.4) is 0 Å². The number of Topliss-reactive ketones (excluding diaryl/α,β-unsaturated/α-hetero) is 1. The molecular weight excluding hydrogens is 220 g/mol. The van der Waals surface area contributed by atoms with E-state index in [0.29, 0.717) is 5.75 Å². The Morgan fingerprint density at radius 3 is 2.73 bits per heavy atom. The molecule has 0 aliphatic carbocycles. The molecule has 0 radical (unpaired) electrons. The SMILES string of the molecule is O=C1CCOc2ccc(S(=O)(=O)[O-])cc21. The van der Waals surface area contributed by atoms with Crippen molar-refractivity contribution in [3.05, 3.63) is 23.8 Å². The minimum absolute atomic E-state index is 0.165. The average molecular weight is 227 g/mol. The standard InChI is InChI=1S/C9H8O5S/c10-8-3-4-14-9-2-1-6(5-7(8)9)15(11,12)13/h1-2,5H,3-4H2,(H,11,12,13)/p-1. The van der Waals surface area contributed by atoms with Gasteiger partial charge in [-0.25, -0.2) is 8.42 Å². The second-order valence-corrected chi connectivity index (χ2v) is 4.51. The molecule has 1 aromatic rings. The third kappa shape index (κ3) is 1.86. The molecule has 15 heavy (non-hydrogen) atoms. The Balaban J connectivity index is 2.58. The molecule has 6 heteroatoms. The van der Waals surface area contributed by atoms with Gasteiger partial charge in [-0.05, 0) is 18.2 Å². The Hall–Kier alpha value is -1.40. The number of hydrogen-bond donors (Lipinski definition) is 0. The first-order chi connectivity index (χ1) is 6.98. The van der Waals surface area contributed by atoms with Gasteiger partial charge in [0.05, 0.1) is 17.1 Å². The zero-order valence-electron chi connectivity index (χ0n) is 7.60. The summed E-state index contributed by atoms with van der Waals surface area (Å²) in [6, 6.07) is 3.54. The fourth-order valence-electron chi connectivity index (χ4n) is 1.40. The summed E-state index contributed by atoms with van der Waals surface area (Å²) < 4.78 is 37.3. The summed E-state index contributed by atoms with van der Waals surface area (Å²) in [7, 11) is -4.52. The van der Waals surface area contributed by atoms with E-state index in [1.54, 1.807) is 0 Å². The summed E-state index contributed by atoms with van der Waals surface area (Å²) in [5.74, 6) is 0.125. The van der Waals surface area contributed by atoms with E-state index in [1.165, 1.54) is 6.07 Å². The minimum atomic E-state index is -4.52. The lowest BCUT2D eigenvalue weighted by molar-refractivity contribution is 0.0933. The summed E-state index contributed by atoms with van der Waals surface area (Å²) in [6.07, 6.45) is 0.204. The highest BCUT2D eigenvalue weighted by Crippen LogP contribution is 2.26. The fraction of sp³-hybridized carbons (Fsp3) is 0.222. The van der Waals surface area contributed by atoms with Crippen molar-refractivity contribution in [2.75, 3.05) is 6.61 Å². The van der Waals surface area contributed by atoms with Crippen LogP contribution in [-0.2, 0) is 10.1 Å². The number of benzene rings is 1. The van der Waals surface area contributed by atoms with Gasteiger partial charge >= 0.3 is 0 Å². The molecule has 1 aliphatic heterocycles. The van der Waals surface area contributed by atoms with Gasteiger partial charge in [-0.3, -0.25) is 4.79 Å². The largest absolute Gasteiger partial charge is 0.744 e. The van der Waals surface area contributed by atoms with Crippen molar-refractivity contribution in [2.24, 2.45) is 0 Å². The van der Waals surface area contributed by atoms with E-state index in [0.717, 1.165) is 12.1 Å². The van der Waals surface area contributed by atoms with E-state index in [2.05, 4.69) is 0 Å². The summed E-state index contributed by atoms with van der Waals surface area (Å²) in [4.78, 5) is 11.0. The summed E-state index contributed by atoms with van der Waals surface area (Å²) in [5, 5.41) is 0. The van der Waals surface area contributed by atoms with E-state index in [9.17, 15) is 17.8 Å². The van der Waals surface area contributed by atoms with Gasteiger partial charge in [0.25, 0.3) is 0 Å². The molecule has 0 N–H and O–H groups in total. The molecule has 0 aromatic heterocycles. The Morgan fingerprint density at radius 1 is 1.33 bits per heavy atom. The molecular formula is C9H7O5S-. The first-order valence-corrected chi connectivity index (χ1v) is 5.65. The maximum Gasteiger partial charge on any atom is 0.170 e. The molecule has 0 spiro atoms. The smallest absolute Gasteiger partial charge is 0.170 e. The van der Waals surface area contributed by atoms with Gasteiger partial charge in [-0.2, -0.15) is 0 Å². The van der Waals surface area contributed by atoms with Gasteiger partial charge < -0.3 is 9.29 Å². The topological polar surface area (TPSA) is 83.5 Å². The molecule has 1 heterocycles. The molecule has 0 saturated carbocycles. The van der Waals surface area contributed by atoms with Crippen LogP contribution in [0.4, 0.5) is 0 Å². The molecule has 0 saturated heterocycles. The predicted molar refractivity (Wildman–Crippen MR) is 48.8 cm³/mol. The first-order valence-electron chi connectivity index (χ1n) is 4.24. The molecule has 2 rings (SSSR count). The van der Waals surface area contributed by atoms with Crippen molar-refractivity contribution in [1.82, 2.24) is 0 Å². The number of carbonyl (C=O) groups excluding carboxylic acids is 1. The van der Waals surface area contributed by atoms with E-state index < -0.39 is 15.0 Å². The van der Waals surface area contributed by atoms with E-state index in [4.69, 9.17) is 4.74 Å². The van der Waals surface area contributed by atoms with Crippen LogP contribution in [-0.4, -0.2) is 25.4 Å². The van der Waals surface area contributed by atoms with Gasteiger partial charge in [0.1, 0.15) is 15.9 Å². The number of fused-ring (bicyclic) bond motifs is 1. The van der Waals surface area contributed by atoms with E-state index >= 15 is 0 Å². The molecule has 0 bridgehead atoms. The van der Waals surface area contributed by atoms with Crippen LogP contribution < -0.4 is 4.74 Å². The monoisotopic (exact) mass is 227 g/mol. The number of carbonyl (C=O) groups is 1. The number of ketones is 1. The van der Waals surface area contributed by atoms with E-state index in [-0.39, 0.29) is 24.4 Å². The van der Waals surface area contributed by atoms with Crippen LogP contribution in [0, 0.1) is 0 Å². The maximum absolute atomic E-state index is 11.4. The highest BCUT2D eigenvalue weighted by atomic mass is 32.2. The Labute approximate surface area is 86.4 Å². The number of hydrogen-bond acceptors (Lipinski definition) is 5. The zero-order chi connectivity index (χ0) is 11.1. The van der Waals surface area contributed by atoms with Crippen LogP contribution in [0.15, 0.2) is 23.1 Å². The first kappa shape index (κ1) is 10.1. The summed E-state index contributed by atoms with van der Waals surface area (Å²) >= 11 is 0. The summed E-state index contributed by atoms with van der Waals surface area (Å²) in [5.41, 5.74) is 0.165. The Morgan fingerprint density at radius 2 is 2.07 bits per heavy atom. The summed E-state index contributed by atoms with van der Waals surface area (Å²) in [6.45, 7) is 0.287. The van der Waals surface area contributed by atoms with Gasteiger partial charge in [-0.1, -0.05) is 0 Å². The zero-order valence-corrected chi connectivity index (χ0v) is 8.41. The maximum atomic E-state index is 11.4. The van der Waals surface area contributed by atoms with Crippen molar-refractivity contribution in [2.45, 2.75) is 11.3 Å². The third-order valence-electron chi connectivity index (χ3n) is 2.13. The fourth-order valence-corrected chi connectivity index (χ4v) is 1.89. The molecule has 1 aromatic carbocycles. The predicted octanol–water partition coefficient (Wildman–Crippen LogP) is 0.556. The molecule has 5 nitrogen and oxygen atoms in total. The lowest BCUT2D eigenvalue weighted by Crippen LogP contribution is -2.16. The van der Waals surface area contributed by atoms with Crippen LogP contribution in [0.2, 0.25) is 0 Å². The van der Waals surface area contributed by atoms with Crippen LogP contribution in [0.5, 0.6) is 5.75 Å². The highest BCUT2D eigenvalue weighted by Gasteiger charge is 2.19. The molecule has 0 amide bonds.